The van der Waals surface area contributed by atoms with Crippen LogP contribution in [0.5, 0.6) is 0 Å². The molecular weight excluding hydrogens is 268 g/mol. The fourth-order valence-electron chi connectivity index (χ4n) is 2.15. The second-order valence-electron chi connectivity index (χ2n) is 5.17. The predicted molar refractivity (Wildman–Crippen MR) is 84.1 cm³/mol. The monoisotopic (exact) mass is 290 g/mol. The van der Waals surface area contributed by atoms with Crippen molar-refractivity contribution in [3.05, 3.63) is 51.5 Å². The van der Waals surface area contributed by atoms with Crippen LogP contribution >= 0.6 is 11.3 Å². The van der Waals surface area contributed by atoms with Gasteiger partial charge >= 0.3 is 0 Å². The summed E-state index contributed by atoms with van der Waals surface area (Å²) >= 11 is 1.69. The zero-order chi connectivity index (χ0) is 14.5. The van der Waals surface area contributed by atoms with Crippen molar-refractivity contribution in [1.82, 2.24) is 4.98 Å². The highest BCUT2D eigenvalue weighted by molar-refractivity contribution is 7.09. The lowest BCUT2D eigenvalue weighted by Gasteiger charge is -2.22. The molecule has 0 bridgehead atoms. The van der Waals surface area contributed by atoms with Crippen molar-refractivity contribution in [3.8, 4) is 0 Å². The molecule has 1 heterocycles. The van der Waals surface area contributed by atoms with Crippen molar-refractivity contribution >= 4 is 11.3 Å². The van der Waals surface area contributed by atoms with Gasteiger partial charge in [0.15, 0.2) is 0 Å². The number of hydrogen-bond donors (Lipinski definition) is 1. The van der Waals surface area contributed by atoms with Crippen LogP contribution in [0.2, 0.25) is 0 Å². The molecule has 1 aromatic carbocycles. The summed E-state index contributed by atoms with van der Waals surface area (Å²) in [4.78, 5) is 5.54. The summed E-state index contributed by atoms with van der Waals surface area (Å²) in [5.41, 5.74) is 11.4. The normalized spacial score (nSPS) is 14.2. The van der Waals surface area contributed by atoms with Gasteiger partial charge in [-0.3, -0.25) is 0 Å². The molecule has 0 spiro atoms. The molecule has 0 aliphatic heterocycles. The summed E-state index contributed by atoms with van der Waals surface area (Å²) in [6, 6.07) is 8.37. The van der Waals surface area contributed by atoms with Gasteiger partial charge in [0.25, 0.3) is 0 Å². The highest BCUT2D eigenvalue weighted by atomic mass is 32.1. The average Bonchev–Trinajstić information content (AvgIpc) is 2.81. The Hall–Kier alpha value is -1.23. The van der Waals surface area contributed by atoms with Gasteiger partial charge in [-0.05, 0) is 26.3 Å². The number of aromatic nitrogens is 1. The summed E-state index contributed by atoms with van der Waals surface area (Å²) in [5, 5.41) is 0. The van der Waals surface area contributed by atoms with E-state index in [-0.39, 0.29) is 12.1 Å². The van der Waals surface area contributed by atoms with E-state index in [0.29, 0.717) is 6.61 Å². The van der Waals surface area contributed by atoms with Gasteiger partial charge in [-0.1, -0.05) is 29.8 Å². The van der Waals surface area contributed by atoms with E-state index in [1.165, 1.54) is 10.4 Å². The van der Waals surface area contributed by atoms with E-state index >= 15 is 0 Å². The Bertz CT molecular complexity index is 534. The van der Waals surface area contributed by atoms with Crippen molar-refractivity contribution in [2.45, 2.75) is 39.3 Å². The second kappa shape index (κ2) is 6.97. The number of thiazole rings is 1. The summed E-state index contributed by atoms with van der Waals surface area (Å²) in [5.74, 6) is 0. The minimum Gasteiger partial charge on any atom is -0.372 e. The number of hydrogen-bond acceptors (Lipinski definition) is 4. The molecule has 0 radical (unpaired) electrons. The number of nitrogens with two attached hydrogens (primary N) is 1. The third-order valence-electron chi connectivity index (χ3n) is 3.35. The molecule has 4 heteroatoms. The lowest BCUT2D eigenvalue weighted by Crippen LogP contribution is -2.27. The molecule has 0 saturated carbocycles. The Labute approximate surface area is 124 Å². The molecule has 2 atom stereocenters. The Kier molecular flexibility index (Phi) is 5.29. The number of aryl methyl sites for hydroxylation is 2. The van der Waals surface area contributed by atoms with Gasteiger partial charge in [0.1, 0.15) is 0 Å². The number of benzene rings is 1. The predicted octanol–water partition coefficient (Wildman–Crippen LogP) is 3.41. The average molecular weight is 290 g/mol. The minimum absolute atomic E-state index is 0.0275. The largest absolute Gasteiger partial charge is 0.372 e. The molecule has 1 aromatic heterocycles. The smallest absolute Gasteiger partial charge is 0.0973 e. The molecule has 2 unspecified atom stereocenters. The third kappa shape index (κ3) is 3.88. The van der Waals surface area contributed by atoms with Crippen molar-refractivity contribution in [3.63, 3.8) is 0 Å². The maximum Gasteiger partial charge on any atom is 0.0973 e. The number of rotatable bonds is 6. The lowest BCUT2D eigenvalue weighted by molar-refractivity contribution is 0.0405. The van der Waals surface area contributed by atoms with Crippen LogP contribution < -0.4 is 5.73 Å². The quantitative estimate of drug-likeness (QED) is 0.887. The molecule has 0 aliphatic rings. The SMILES string of the molecule is Cc1ccc(C(OCCc2scnc2C)C(C)N)cc1. The van der Waals surface area contributed by atoms with E-state index in [1.54, 1.807) is 11.3 Å². The van der Waals surface area contributed by atoms with Gasteiger partial charge in [-0.2, -0.15) is 0 Å². The first-order chi connectivity index (χ1) is 9.58. The summed E-state index contributed by atoms with van der Waals surface area (Å²) in [6.07, 6.45) is 0.842. The van der Waals surface area contributed by atoms with Gasteiger partial charge in [-0.25, -0.2) is 4.98 Å². The third-order valence-corrected chi connectivity index (χ3v) is 4.35. The van der Waals surface area contributed by atoms with Gasteiger partial charge in [0, 0.05) is 17.3 Å². The topological polar surface area (TPSA) is 48.1 Å². The summed E-state index contributed by atoms with van der Waals surface area (Å²) < 4.78 is 6.01. The van der Waals surface area contributed by atoms with E-state index in [1.807, 2.05) is 19.4 Å². The Morgan fingerprint density at radius 2 is 1.95 bits per heavy atom. The van der Waals surface area contributed by atoms with Gasteiger partial charge in [0.05, 0.1) is 23.9 Å². The van der Waals surface area contributed by atoms with Crippen molar-refractivity contribution in [1.29, 1.82) is 0 Å². The van der Waals surface area contributed by atoms with Crippen molar-refractivity contribution < 1.29 is 4.74 Å². The molecule has 2 rings (SSSR count). The van der Waals surface area contributed by atoms with Gasteiger partial charge < -0.3 is 10.5 Å². The maximum atomic E-state index is 6.06. The van der Waals surface area contributed by atoms with Crippen LogP contribution in [0.3, 0.4) is 0 Å². The molecule has 2 N–H and O–H groups in total. The van der Waals surface area contributed by atoms with Crippen molar-refractivity contribution in [2.75, 3.05) is 6.61 Å². The highest BCUT2D eigenvalue weighted by Crippen LogP contribution is 2.22. The molecule has 0 fully saturated rings. The van der Waals surface area contributed by atoms with E-state index in [0.717, 1.165) is 17.7 Å². The molecular formula is C16H22N2OS. The Balaban J connectivity index is 1.96. The summed E-state index contributed by atoms with van der Waals surface area (Å²) in [6.45, 7) is 6.78. The van der Waals surface area contributed by atoms with Crippen LogP contribution in [0.25, 0.3) is 0 Å². The molecule has 20 heavy (non-hydrogen) atoms. The Morgan fingerprint density at radius 3 is 2.50 bits per heavy atom. The van der Waals surface area contributed by atoms with E-state index in [4.69, 9.17) is 10.5 Å². The molecule has 0 aliphatic carbocycles. The standard InChI is InChI=1S/C16H22N2OS/c1-11-4-6-14(7-5-11)16(12(2)17)19-9-8-15-13(3)18-10-20-15/h4-7,10,12,16H,8-9,17H2,1-3H3. The van der Waals surface area contributed by atoms with Crippen LogP contribution in [-0.4, -0.2) is 17.6 Å². The van der Waals surface area contributed by atoms with Crippen LogP contribution in [0.15, 0.2) is 29.8 Å². The van der Waals surface area contributed by atoms with Crippen LogP contribution in [0.1, 0.15) is 34.7 Å². The summed E-state index contributed by atoms with van der Waals surface area (Å²) in [7, 11) is 0. The fourth-order valence-corrected chi connectivity index (χ4v) is 2.91. The van der Waals surface area contributed by atoms with E-state index in [2.05, 4.69) is 36.2 Å². The zero-order valence-corrected chi connectivity index (χ0v) is 13.1. The number of ether oxygens (including phenoxy) is 1. The second-order valence-corrected chi connectivity index (χ2v) is 6.11. The molecule has 0 saturated heterocycles. The fraction of sp³-hybridized carbons (Fsp3) is 0.438. The number of nitrogens with zero attached hydrogens (tertiary/aromatic N) is 1. The first kappa shape index (κ1) is 15.2. The maximum absolute atomic E-state index is 6.06. The first-order valence-corrected chi connectivity index (χ1v) is 7.78. The molecule has 3 nitrogen and oxygen atoms in total. The Morgan fingerprint density at radius 1 is 1.25 bits per heavy atom. The highest BCUT2D eigenvalue weighted by Gasteiger charge is 2.17. The van der Waals surface area contributed by atoms with Gasteiger partial charge in [-0.15, -0.1) is 11.3 Å². The first-order valence-electron chi connectivity index (χ1n) is 6.90. The lowest BCUT2D eigenvalue weighted by atomic mass is 10.0. The molecule has 2 aromatic rings. The van der Waals surface area contributed by atoms with Gasteiger partial charge in [0.2, 0.25) is 0 Å². The van der Waals surface area contributed by atoms with Crippen LogP contribution in [0, 0.1) is 13.8 Å². The van der Waals surface area contributed by atoms with Crippen LogP contribution in [0.4, 0.5) is 0 Å². The van der Waals surface area contributed by atoms with E-state index < -0.39 is 0 Å². The van der Waals surface area contributed by atoms with E-state index in [9.17, 15) is 0 Å². The van der Waals surface area contributed by atoms with Crippen LogP contribution in [-0.2, 0) is 11.2 Å². The van der Waals surface area contributed by atoms with Crippen molar-refractivity contribution in [2.24, 2.45) is 5.73 Å². The minimum atomic E-state index is -0.0520. The molecule has 108 valence electrons. The zero-order valence-electron chi connectivity index (χ0n) is 12.3. The molecule has 0 amide bonds.